The lowest BCUT2D eigenvalue weighted by atomic mass is 9.78. The number of benzene rings is 2. The summed E-state index contributed by atoms with van der Waals surface area (Å²) in [5.41, 5.74) is 2.29. The first-order valence-corrected chi connectivity index (χ1v) is 14.8. The van der Waals surface area contributed by atoms with Crippen molar-refractivity contribution in [1.29, 1.82) is 0 Å². The Bertz CT molecular complexity index is 868. The summed E-state index contributed by atoms with van der Waals surface area (Å²) in [5.74, 6) is 0.102. The van der Waals surface area contributed by atoms with Gasteiger partial charge >= 0.3 is 0 Å². The Morgan fingerprint density at radius 2 is 1.28 bits per heavy atom. The first kappa shape index (κ1) is 28.7. The number of aryl methyl sites for hydroxylation is 1. The van der Waals surface area contributed by atoms with Gasteiger partial charge in [-0.15, -0.1) is 0 Å². The third-order valence-corrected chi connectivity index (χ3v) is 8.09. The molecule has 0 bridgehead atoms. The van der Waals surface area contributed by atoms with Crippen LogP contribution in [0.2, 0.25) is 0 Å². The summed E-state index contributed by atoms with van der Waals surface area (Å²) < 4.78 is 35.0. The van der Waals surface area contributed by atoms with Crippen LogP contribution in [0.5, 0.6) is 5.75 Å². The van der Waals surface area contributed by atoms with E-state index in [1.807, 2.05) is 12.1 Å². The number of rotatable bonds is 16. The lowest BCUT2D eigenvalue weighted by Gasteiger charge is -2.28. The lowest BCUT2D eigenvalue weighted by molar-refractivity contribution is 0.249. The van der Waals surface area contributed by atoms with Crippen LogP contribution >= 0.6 is 0 Å². The van der Waals surface area contributed by atoms with E-state index in [4.69, 9.17) is 4.74 Å². The Kier molecular flexibility index (Phi) is 12.8. The summed E-state index contributed by atoms with van der Waals surface area (Å²) in [7, 11) is 0. The SMILES string of the molecule is CCCCCCCCOc1ccc(-c2ccc(CCC3CCC(CCCCC)CC3)cc2)c(F)c1F. The van der Waals surface area contributed by atoms with E-state index in [-0.39, 0.29) is 5.75 Å². The Morgan fingerprint density at radius 1 is 0.667 bits per heavy atom. The Labute approximate surface area is 219 Å². The third kappa shape index (κ3) is 9.20. The summed E-state index contributed by atoms with van der Waals surface area (Å²) in [6.07, 6.45) is 20.1. The molecule has 0 unspecified atom stereocenters. The molecule has 1 aliphatic carbocycles. The van der Waals surface area contributed by atoms with Crippen molar-refractivity contribution in [2.24, 2.45) is 11.8 Å². The lowest BCUT2D eigenvalue weighted by Crippen LogP contribution is -2.15. The highest BCUT2D eigenvalue weighted by Gasteiger charge is 2.21. The minimum atomic E-state index is -0.882. The Hall–Kier alpha value is -1.90. The zero-order valence-electron chi connectivity index (χ0n) is 22.8. The van der Waals surface area contributed by atoms with Crippen LogP contribution in [0, 0.1) is 23.5 Å². The quantitative estimate of drug-likeness (QED) is 0.209. The number of unbranched alkanes of at least 4 members (excludes halogenated alkanes) is 7. The molecule has 3 heteroatoms. The normalized spacial score (nSPS) is 17.9. The van der Waals surface area contributed by atoms with Crippen LogP contribution in [0.1, 0.15) is 116 Å². The van der Waals surface area contributed by atoms with E-state index in [9.17, 15) is 8.78 Å². The van der Waals surface area contributed by atoms with Crippen molar-refractivity contribution in [2.75, 3.05) is 6.61 Å². The fourth-order valence-corrected chi connectivity index (χ4v) is 5.64. The van der Waals surface area contributed by atoms with Crippen molar-refractivity contribution >= 4 is 0 Å². The topological polar surface area (TPSA) is 9.23 Å². The molecule has 0 atom stereocenters. The molecule has 2 aromatic rings. The molecular weight excluding hydrogens is 450 g/mol. The van der Waals surface area contributed by atoms with Gasteiger partial charge < -0.3 is 4.74 Å². The molecule has 36 heavy (non-hydrogen) atoms. The zero-order valence-corrected chi connectivity index (χ0v) is 22.8. The number of halogens is 2. The van der Waals surface area contributed by atoms with Crippen molar-refractivity contribution in [3.63, 3.8) is 0 Å². The Morgan fingerprint density at radius 3 is 1.97 bits per heavy atom. The number of hydrogen-bond donors (Lipinski definition) is 0. The van der Waals surface area contributed by atoms with E-state index in [1.54, 1.807) is 12.1 Å². The molecule has 3 rings (SSSR count). The second-order valence-corrected chi connectivity index (χ2v) is 11.0. The first-order valence-electron chi connectivity index (χ1n) is 14.8. The maximum atomic E-state index is 14.8. The van der Waals surface area contributed by atoms with Crippen molar-refractivity contribution in [1.82, 2.24) is 0 Å². The van der Waals surface area contributed by atoms with Crippen LogP contribution in [0.3, 0.4) is 0 Å². The van der Waals surface area contributed by atoms with Gasteiger partial charge in [-0.2, -0.15) is 4.39 Å². The summed E-state index contributed by atoms with van der Waals surface area (Å²) in [6.45, 7) is 4.90. The molecule has 0 spiro atoms. The van der Waals surface area contributed by atoms with E-state index in [0.29, 0.717) is 17.7 Å². The second-order valence-electron chi connectivity index (χ2n) is 11.0. The van der Waals surface area contributed by atoms with Gasteiger partial charge in [-0.3, -0.25) is 0 Å². The second kappa shape index (κ2) is 16.0. The van der Waals surface area contributed by atoms with Crippen molar-refractivity contribution in [3.05, 3.63) is 53.6 Å². The molecule has 0 aromatic heterocycles. The predicted molar refractivity (Wildman–Crippen MR) is 149 cm³/mol. The van der Waals surface area contributed by atoms with Crippen LogP contribution < -0.4 is 4.74 Å². The van der Waals surface area contributed by atoms with Gasteiger partial charge in [0.1, 0.15) is 0 Å². The molecular formula is C33H48F2O. The van der Waals surface area contributed by atoms with Crippen LogP contribution in [0.15, 0.2) is 36.4 Å². The van der Waals surface area contributed by atoms with Gasteiger partial charge in [0.2, 0.25) is 5.82 Å². The molecule has 0 saturated heterocycles. The molecule has 1 fully saturated rings. The van der Waals surface area contributed by atoms with Crippen LogP contribution in [-0.2, 0) is 6.42 Å². The molecule has 0 amide bonds. The summed E-state index contributed by atoms with van der Waals surface area (Å²) >= 11 is 0. The fraction of sp³-hybridized carbons (Fsp3) is 0.636. The monoisotopic (exact) mass is 498 g/mol. The first-order chi connectivity index (χ1) is 17.6. The summed E-state index contributed by atoms with van der Waals surface area (Å²) in [4.78, 5) is 0. The summed E-state index contributed by atoms with van der Waals surface area (Å²) in [5, 5.41) is 0. The van der Waals surface area contributed by atoms with Crippen molar-refractivity contribution < 1.29 is 13.5 Å². The van der Waals surface area contributed by atoms with Gasteiger partial charge in [0.05, 0.1) is 6.61 Å². The molecule has 0 N–H and O–H groups in total. The molecule has 200 valence electrons. The highest BCUT2D eigenvalue weighted by Crippen LogP contribution is 2.35. The van der Waals surface area contributed by atoms with Crippen LogP contribution in [-0.4, -0.2) is 6.61 Å². The highest BCUT2D eigenvalue weighted by atomic mass is 19.2. The van der Waals surface area contributed by atoms with Crippen molar-refractivity contribution in [2.45, 2.75) is 117 Å². The molecule has 0 heterocycles. The highest BCUT2D eigenvalue weighted by molar-refractivity contribution is 5.65. The largest absolute Gasteiger partial charge is 0.490 e. The standard InChI is InChI=1S/C33H48F2O/c1-3-5-7-8-9-11-25-36-31-24-23-30(32(34)33(31)35)29-21-19-28(20-22-29)18-17-27-15-13-26(14-16-27)12-10-6-4-2/h19-24,26-27H,3-18,25H2,1-2H3. The molecule has 0 radical (unpaired) electrons. The Balaban J connectivity index is 1.44. The zero-order chi connectivity index (χ0) is 25.6. The molecule has 2 aromatic carbocycles. The third-order valence-electron chi connectivity index (χ3n) is 8.09. The van der Waals surface area contributed by atoms with E-state index >= 15 is 0 Å². The molecule has 1 aliphatic rings. The maximum Gasteiger partial charge on any atom is 0.201 e. The van der Waals surface area contributed by atoms with E-state index < -0.39 is 11.6 Å². The summed E-state index contributed by atoms with van der Waals surface area (Å²) in [6, 6.07) is 11.2. The van der Waals surface area contributed by atoms with Gasteiger partial charge in [-0.1, -0.05) is 122 Å². The minimum Gasteiger partial charge on any atom is -0.490 e. The van der Waals surface area contributed by atoms with Gasteiger partial charge in [-0.25, -0.2) is 4.39 Å². The van der Waals surface area contributed by atoms with Crippen LogP contribution in [0.25, 0.3) is 11.1 Å². The van der Waals surface area contributed by atoms with Crippen molar-refractivity contribution in [3.8, 4) is 16.9 Å². The maximum absolute atomic E-state index is 14.8. The van der Waals surface area contributed by atoms with E-state index in [2.05, 4.69) is 26.0 Å². The average molecular weight is 499 g/mol. The van der Waals surface area contributed by atoms with Crippen LogP contribution in [0.4, 0.5) is 8.78 Å². The predicted octanol–water partition coefficient (Wildman–Crippen LogP) is 10.7. The fourth-order valence-electron chi connectivity index (χ4n) is 5.64. The minimum absolute atomic E-state index is 0.0153. The van der Waals surface area contributed by atoms with Gasteiger partial charge in [0, 0.05) is 5.56 Å². The molecule has 1 saturated carbocycles. The smallest absolute Gasteiger partial charge is 0.201 e. The molecule has 0 aliphatic heterocycles. The van der Waals surface area contributed by atoms with E-state index in [0.717, 1.165) is 31.1 Å². The van der Waals surface area contributed by atoms with Gasteiger partial charge in [-0.05, 0) is 54.4 Å². The molecule has 1 nitrogen and oxygen atoms in total. The number of ether oxygens (including phenoxy) is 1. The average Bonchev–Trinajstić information content (AvgIpc) is 2.90. The van der Waals surface area contributed by atoms with Gasteiger partial charge in [0.25, 0.3) is 0 Å². The number of hydrogen-bond acceptors (Lipinski definition) is 1. The van der Waals surface area contributed by atoms with Gasteiger partial charge in [0.15, 0.2) is 11.6 Å². The van der Waals surface area contributed by atoms with E-state index in [1.165, 1.54) is 89.0 Å².